The lowest BCUT2D eigenvalue weighted by Gasteiger charge is -2.32. The van der Waals surface area contributed by atoms with Crippen LogP contribution in [0.25, 0.3) is 0 Å². The van der Waals surface area contributed by atoms with Crippen molar-refractivity contribution in [2.45, 2.75) is 32.8 Å². The molecule has 6 heteroatoms. The average Bonchev–Trinajstić information content (AvgIpc) is 2.69. The number of nitrogens with zero attached hydrogens (tertiary/aromatic N) is 2. The number of amides is 1. The Kier molecular flexibility index (Phi) is 6.06. The number of benzene rings is 1. The van der Waals surface area contributed by atoms with Crippen LogP contribution in [0, 0.1) is 6.92 Å². The number of rotatable bonds is 5. The number of ether oxygens (including phenoxy) is 2. The minimum absolute atomic E-state index is 0.0136. The van der Waals surface area contributed by atoms with Crippen LogP contribution < -0.4 is 4.74 Å². The lowest BCUT2D eigenvalue weighted by atomic mass is 10.1. The molecule has 1 aromatic heterocycles. The Morgan fingerprint density at radius 2 is 1.74 bits per heavy atom. The van der Waals surface area contributed by atoms with E-state index in [0.717, 1.165) is 24.3 Å². The van der Waals surface area contributed by atoms with Gasteiger partial charge in [0.2, 0.25) is 0 Å². The third-order valence-corrected chi connectivity index (χ3v) is 4.56. The van der Waals surface area contributed by atoms with Crippen molar-refractivity contribution >= 4 is 11.9 Å². The summed E-state index contributed by atoms with van der Waals surface area (Å²) in [6.45, 7) is 5.34. The highest BCUT2D eigenvalue weighted by Crippen LogP contribution is 2.21. The van der Waals surface area contributed by atoms with Gasteiger partial charge in [0, 0.05) is 37.8 Å². The number of esters is 1. The summed E-state index contributed by atoms with van der Waals surface area (Å²) in [6, 6.07) is 10.6. The fraction of sp³-hybridized carbons (Fsp3) is 0.381. The van der Waals surface area contributed by atoms with Gasteiger partial charge in [0.25, 0.3) is 5.91 Å². The molecule has 0 unspecified atom stereocenters. The Bertz CT molecular complexity index is 779. The predicted molar refractivity (Wildman–Crippen MR) is 101 cm³/mol. The number of piperidine rings is 1. The van der Waals surface area contributed by atoms with Crippen molar-refractivity contribution in [3.8, 4) is 5.75 Å². The van der Waals surface area contributed by atoms with Gasteiger partial charge in [0.1, 0.15) is 11.9 Å². The summed E-state index contributed by atoms with van der Waals surface area (Å²) in [6.07, 6.45) is 3.22. The number of hydrogen-bond acceptors (Lipinski definition) is 5. The normalized spacial score (nSPS) is 14.7. The minimum atomic E-state index is -0.332. The first-order valence-electron chi connectivity index (χ1n) is 9.22. The van der Waals surface area contributed by atoms with Gasteiger partial charge in [-0.2, -0.15) is 0 Å². The van der Waals surface area contributed by atoms with E-state index >= 15 is 0 Å². The van der Waals surface area contributed by atoms with Gasteiger partial charge >= 0.3 is 5.97 Å². The summed E-state index contributed by atoms with van der Waals surface area (Å²) < 4.78 is 11.0. The van der Waals surface area contributed by atoms with E-state index in [4.69, 9.17) is 9.47 Å². The first-order valence-corrected chi connectivity index (χ1v) is 9.22. The molecule has 0 radical (unpaired) electrons. The molecule has 0 bridgehead atoms. The third kappa shape index (κ3) is 4.84. The molecule has 2 heterocycles. The lowest BCUT2D eigenvalue weighted by Crippen LogP contribution is -2.41. The molecule has 27 heavy (non-hydrogen) atoms. The van der Waals surface area contributed by atoms with Crippen LogP contribution in [0.5, 0.6) is 5.75 Å². The quantitative estimate of drug-likeness (QED) is 0.758. The van der Waals surface area contributed by atoms with Crippen LogP contribution in [0.3, 0.4) is 0 Å². The Morgan fingerprint density at radius 3 is 2.33 bits per heavy atom. The highest BCUT2D eigenvalue weighted by Gasteiger charge is 2.25. The molecule has 0 spiro atoms. The van der Waals surface area contributed by atoms with Crippen molar-refractivity contribution in [1.82, 2.24) is 9.88 Å². The number of aromatic nitrogens is 1. The largest absolute Gasteiger partial charge is 0.490 e. The molecular formula is C21H24N2O4. The van der Waals surface area contributed by atoms with Gasteiger partial charge in [-0.15, -0.1) is 0 Å². The minimum Gasteiger partial charge on any atom is -0.490 e. The first kappa shape index (κ1) is 18.9. The van der Waals surface area contributed by atoms with Gasteiger partial charge in [-0.1, -0.05) is 0 Å². The molecule has 6 nitrogen and oxygen atoms in total. The molecular weight excluding hydrogens is 344 g/mol. The predicted octanol–water partition coefficient (Wildman–Crippen LogP) is 3.25. The van der Waals surface area contributed by atoms with E-state index in [0.29, 0.717) is 30.8 Å². The van der Waals surface area contributed by atoms with E-state index in [1.807, 2.05) is 24.0 Å². The van der Waals surface area contributed by atoms with Crippen molar-refractivity contribution in [3.63, 3.8) is 0 Å². The Morgan fingerprint density at radius 1 is 1.07 bits per heavy atom. The van der Waals surface area contributed by atoms with E-state index < -0.39 is 0 Å². The average molecular weight is 368 g/mol. The number of carbonyl (C=O) groups is 2. The number of carbonyl (C=O) groups excluding carboxylic acids is 2. The zero-order valence-corrected chi connectivity index (χ0v) is 15.7. The number of hydrogen-bond donors (Lipinski definition) is 0. The van der Waals surface area contributed by atoms with Crippen LogP contribution in [0.15, 0.2) is 42.6 Å². The summed E-state index contributed by atoms with van der Waals surface area (Å²) in [5.41, 5.74) is 2.03. The Labute approximate surface area is 159 Å². The molecule has 2 aromatic rings. The zero-order chi connectivity index (χ0) is 19.2. The second kappa shape index (κ2) is 8.66. The van der Waals surface area contributed by atoms with Gasteiger partial charge in [0.15, 0.2) is 0 Å². The van der Waals surface area contributed by atoms with E-state index in [-0.39, 0.29) is 18.0 Å². The van der Waals surface area contributed by atoms with Gasteiger partial charge in [-0.25, -0.2) is 4.79 Å². The maximum atomic E-state index is 12.5. The molecule has 0 saturated carbocycles. The summed E-state index contributed by atoms with van der Waals surface area (Å²) >= 11 is 0. The van der Waals surface area contributed by atoms with E-state index in [1.54, 1.807) is 37.4 Å². The smallest absolute Gasteiger partial charge is 0.338 e. The SMILES string of the molecule is CCOC(=O)c1ccc(OC2CCN(C(=O)c3ccc(C)nc3)CC2)cc1. The molecule has 1 fully saturated rings. The summed E-state index contributed by atoms with van der Waals surface area (Å²) in [4.78, 5) is 30.2. The van der Waals surface area contributed by atoms with Crippen molar-refractivity contribution in [2.75, 3.05) is 19.7 Å². The van der Waals surface area contributed by atoms with Crippen LogP contribution in [0.4, 0.5) is 0 Å². The van der Waals surface area contributed by atoms with Crippen LogP contribution in [-0.4, -0.2) is 47.6 Å². The molecule has 1 aromatic carbocycles. The number of likely N-dealkylation sites (tertiary alicyclic amines) is 1. The second-order valence-corrected chi connectivity index (χ2v) is 6.54. The molecule has 0 atom stereocenters. The first-order chi connectivity index (χ1) is 13.1. The topological polar surface area (TPSA) is 68.7 Å². The van der Waals surface area contributed by atoms with Crippen molar-refractivity contribution in [3.05, 3.63) is 59.4 Å². The maximum absolute atomic E-state index is 12.5. The molecule has 1 aliphatic rings. The monoisotopic (exact) mass is 368 g/mol. The second-order valence-electron chi connectivity index (χ2n) is 6.54. The van der Waals surface area contributed by atoms with Crippen molar-refractivity contribution in [2.24, 2.45) is 0 Å². The maximum Gasteiger partial charge on any atom is 0.338 e. The molecule has 1 amide bonds. The summed E-state index contributed by atoms with van der Waals surface area (Å²) in [5.74, 6) is 0.400. The van der Waals surface area contributed by atoms with E-state index in [9.17, 15) is 9.59 Å². The zero-order valence-electron chi connectivity index (χ0n) is 15.7. The van der Waals surface area contributed by atoms with Crippen molar-refractivity contribution < 1.29 is 19.1 Å². The standard InChI is InChI=1S/C21H24N2O4/c1-3-26-21(25)16-6-8-18(9-7-16)27-19-10-12-23(13-11-19)20(24)17-5-4-15(2)22-14-17/h4-9,14,19H,3,10-13H2,1-2H3. The highest BCUT2D eigenvalue weighted by atomic mass is 16.5. The van der Waals surface area contributed by atoms with Gasteiger partial charge in [0.05, 0.1) is 17.7 Å². The lowest BCUT2D eigenvalue weighted by molar-refractivity contribution is 0.0526. The summed E-state index contributed by atoms with van der Waals surface area (Å²) in [5, 5.41) is 0. The molecule has 1 saturated heterocycles. The van der Waals surface area contributed by atoms with Crippen LogP contribution in [0.2, 0.25) is 0 Å². The van der Waals surface area contributed by atoms with Crippen LogP contribution in [-0.2, 0) is 4.74 Å². The molecule has 3 rings (SSSR count). The summed E-state index contributed by atoms with van der Waals surface area (Å²) in [7, 11) is 0. The van der Waals surface area contributed by atoms with E-state index in [2.05, 4.69) is 4.98 Å². The Hall–Kier alpha value is -2.89. The fourth-order valence-electron chi connectivity index (χ4n) is 3.03. The number of pyridine rings is 1. The third-order valence-electron chi connectivity index (χ3n) is 4.56. The van der Waals surface area contributed by atoms with Crippen LogP contribution in [0.1, 0.15) is 46.2 Å². The van der Waals surface area contributed by atoms with Crippen LogP contribution >= 0.6 is 0 Å². The molecule has 142 valence electrons. The van der Waals surface area contributed by atoms with Gasteiger partial charge < -0.3 is 14.4 Å². The molecule has 1 aliphatic heterocycles. The fourth-order valence-corrected chi connectivity index (χ4v) is 3.03. The van der Waals surface area contributed by atoms with Gasteiger partial charge in [-0.05, 0) is 50.2 Å². The van der Waals surface area contributed by atoms with Crippen molar-refractivity contribution in [1.29, 1.82) is 0 Å². The van der Waals surface area contributed by atoms with Gasteiger partial charge in [-0.3, -0.25) is 9.78 Å². The molecule has 0 N–H and O–H groups in total. The highest BCUT2D eigenvalue weighted by molar-refractivity contribution is 5.94. The number of aryl methyl sites for hydroxylation is 1. The van der Waals surface area contributed by atoms with E-state index in [1.165, 1.54) is 0 Å². The Balaban J connectivity index is 1.51. The molecule has 0 aliphatic carbocycles.